The van der Waals surface area contributed by atoms with E-state index in [0.717, 1.165) is 29.2 Å². The van der Waals surface area contributed by atoms with Crippen molar-refractivity contribution in [1.82, 2.24) is 10.2 Å². The molecule has 0 radical (unpaired) electrons. The second kappa shape index (κ2) is 10.2. The van der Waals surface area contributed by atoms with Crippen LogP contribution in [0.3, 0.4) is 0 Å². The highest BCUT2D eigenvalue weighted by molar-refractivity contribution is 8.01. The third-order valence-electron chi connectivity index (χ3n) is 3.73. The number of nitrogens with zero attached hydrogens (tertiary/aromatic N) is 3. The average Bonchev–Trinajstić information content (AvgIpc) is 3.20. The van der Waals surface area contributed by atoms with Crippen molar-refractivity contribution in [3.63, 3.8) is 0 Å². The molecule has 3 rings (SSSR count). The van der Waals surface area contributed by atoms with Gasteiger partial charge in [-0.05, 0) is 30.3 Å². The van der Waals surface area contributed by atoms with Gasteiger partial charge in [-0.3, -0.25) is 25.0 Å². The number of nitro benzene ring substituents is 1. The van der Waals surface area contributed by atoms with Gasteiger partial charge in [-0.1, -0.05) is 34.7 Å². The Hall–Kier alpha value is -3.22. The lowest BCUT2D eigenvalue weighted by Crippen LogP contribution is -2.13. The van der Waals surface area contributed by atoms with E-state index in [2.05, 4.69) is 20.8 Å². The second-order valence-electron chi connectivity index (χ2n) is 5.81. The van der Waals surface area contributed by atoms with Crippen LogP contribution in [-0.2, 0) is 4.79 Å². The Balaban J connectivity index is 1.55. The van der Waals surface area contributed by atoms with Crippen LogP contribution in [0.4, 0.5) is 16.5 Å². The van der Waals surface area contributed by atoms with E-state index in [4.69, 9.17) is 16.3 Å². The van der Waals surface area contributed by atoms with E-state index in [9.17, 15) is 19.7 Å². The maximum atomic E-state index is 12.4. The molecular formula is C18H14ClN5O5S2. The van der Waals surface area contributed by atoms with E-state index in [0.29, 0.717) is 15.8 Å². The summed E-state index contributed by atoms with van der Waals surface area (Å²) in [5.41, 5.74) is 0.315. The fourth-order valence-electron chi connectivity index (χ4n) is 2.28. The van der Waals surface area contributed by atoms with Gasteiger partial charge in [-0.25, -0.2) is 0 Å². The minimum absolute atomic E-state index is 0.0564. The number of thioether (sulfide) groups is 1. The van der Waals surface area contributed by atoms with Gasteiger partial charge in [-0.2, -0.15) is 0 Å². The minimum atomic E-state index is -0.654. The van der Waals surface area contributed by atoms with Crippen LogP contribution in [0.5, 0.6) is 5.75 Å². The molecule has 2 aromatic carbocycles. The number of hydrogen-bond donors (Lipinski definition) is 2. The SMILES string of the molecule is COc1ccc(NC(=O)CSc2nnc(NC(=O)c3cc([N+](=O)[O-])ccc3Cl)s2)cc1. The van der Waals surface area contributed by atoms with E-state index >= 15 is 0 Å². The van der Waals surface area contributed by atoms with Crippen molar-refractivity contribution in [2.24, 2.45) is 0 Å². The van der Waals surface area contributed by atoms with E-state index in [-0.39, 0.29) is 33.1 Å². The molecular weight excluding hydrogens is 466 g/mol. The van der Waals surface area contributed by atoms with Crippen LogP contribution in [-0.4, -0.2) is 39.8 Å². The molecule has 0 saturated carbocycles. The molecule has 3 aromatic rings. The summed E-state index contributed by atoms with van der Waals surface area (Å²) >= 11 is 8.17. The van der Waals surface area contributed by atoms with Crippen LogP contribution in [0.25, 0.3) is 0 Å². The number of hydrogen-bond acceptors (Lipinski definition) is 9. The molecule has 1 heterocycles. The topological polar surface area (TPSA) is 136 Å². The van der Waals surface area contributed by atoms with E-state index < -0.39 is 10.8 Å². The zero-order chi connectivity index (χ0) is 22.4. The van der Waals surface area contributed by atoms with Crippen molar-refractivity contribution in [3.8, 4) is 5.75 Å². The minimum Gasteiger partial charge on any atom is -0.497 e. The zero-order valence-electron chi connectivity index (χ0n) is 15.8. The largest absolute Gasteiger partial charge is 0.497 e. The Morgan fingerprint density at radius 3 is 2.61 bits per heavy atom. The van der Waals surface area contributed by atoms with E-state index in [1.165, 1.54) is 12.1 Å². The molecule has 2 N–H and O–H groups in total. The number of halogens is 1. The van der Waals surface area contributed by atoms with Crippen LogP contribution < -0.4 is 15.4 Å². The Morgan fingerprint density at radius 1 is 1.19 bits per heavy atom. The number of rotatable bonds is 8. The Morgan fingerprint density at radius 2 is 1.94 bits per heavy atom. The first kappa shape index (κ1) is 22.5. The molecule has 0 unspecified atom stereocenters. The summed E-state index contributed by atoms with van der Waals surface area (Å²) in [5, 5.41) is 24.1. The lowest BCUT2D eigenvalue weighted by molar-refractivity contribution is -0.384. The number of amides is 2. The maximum absolute atomic E-state index is 12.4. The summed E-state index contributed by atoms with van der Waals surface area (Å²) in [6.45, 7) is 0. The number of aromatic nitrogens is 2. The summed E-state index contributed by atoms with van der Waals surface area (Å²) in [7, 11) is 1.56. The molecule has 10 nitrogen and oxygen atoms in total. The first-order valence-electron chi connectivity index (χ1n) is 8.51. The third kappa shape index (κ3) is 6.13. The molecule has 0 spiro atoms. The Kier molecular flexibility index (Phi) is 7.39. The number of methoxy groups -OCH3 is 1. The Bertz CT molecular complexity index is 1120. The number of non-ortho nitro benzene ring substituents is 1. The van der Waals surface area contributed by atoms with Crippen LogP contribution in [0.15, 0.2) is 46.8 Å². The predicted molar refractivity (Wildman–Crippen MR) is 118 cm³/mol. The quantitative estimate of drug-likeness (QED) is 0.213. The second-order valence-corrected chi connectivity index (χ2v) is 8.42. The van der Waals surface area contributed by atoms with Crippen LogP contribution in [0.1, 0.15) is 10.4 Å². The molecule has 0 aliphatic carbocycles. The normalized spacial score (nSPS) is 10.4. The maximum Gasteiger partial charge on any atom is 0.270 e. The number of nitro groups is 1. The smallest absolute Gasteiger partial charge is 0.270 e. The first-order chi connectivity index (χ1) is 14.9. The fraction of sp³-hybridized carbons (Fsp3) is 0.111. The fourth-order valence-corrected chi connectivity index (χ4v) is 4.03. The van der Waals surface area contributed by atoms with Crippen molar-refractivity contribution in [2.75, 3.05) is 23.5 Å². The summed E-state index contributed by atoms with van der Waals surface area (Å²) in [5.74, 6) is -0.120. The molecule has 160 valence electrons. The van der Waals surface area contributed by atoms with E-state index in [1.807, 2.05) is 0 Å². The molecule has 13 heteroatoms. The highest BCUT2D eigenvalue weighted by atomic mass is 35.5. The van der Waals surface area contributed by atoms with Crippen molar-refractivity contribution >= 4 is 63.0 Å². The predicted octanol–water partition coefficient (Wildman–Crippen LogP) is 4.09. The molecule has 0 aliphatic rings. The Labute approximate surface area is 189 Å². The summed E-state index contributed by atoms with van der Waals surface area (Å²) in [6, 6.07) is 10.5. The molecule has 1 aromatic heterocycles. The van der Waals surface area contributed by atoms with Crippen molar-refractivity contribution in [3.05, 3.63) is 63.2 Å². The first-order valence-corrected chi connectivity index (χ1v) is 10.7. The standard InChI is InChI=1S/C18H14ClN5O5S2/c1-29-12-5-2-10(3-6-12)20-15(25)9-30-18-23-22-17(31-18)21-16(26)13-8-11(24(27)28)4-7-14(13)19/h2-8H,9H2,1H3,(H,20,25)(H,21,22,26). The summed E-state index contributed by atoms with van der Waals surface area (Å²) in [6.07, 6.45) is 0. The number of nitrogens with one attached hydrogen (secondary N) is 2. The van der Waals surface area contributed by atoms with Gasteiger partial charge >= 0.3 is 0 Å². The molecule has 0 bridgehead atoms. The number of ether oxygens (including phenoxy) is 1. The van der Waals surface area contributed by atoms with Gasteiger partial charge in [0.05, 0.1) is 28.4 Å². The highest BCUT2D eigenvalue weighted by Gasteiger charge is 2.18. The van der Waals surface area contributed by atoms with Crippen molar-refractivity contribution in [2.45, 2.75) is 4.34 Å². The zero-order valence-corrected chi connectivity index (χ0v) is 18.2. The van der Waals surface area contributed by atoms with Crippen LogP contribution in [0, 0.1) is 10.1 Å². The lowest BCUT2D eigenvalue weighted by atomic mass is 10.2. The van der Waals surface area contributed by atoms with Gasteiger partial charge in [-0.15, -0.1) is 10.2 Å². The van der Waals surface area contributed by atoms with Gasteiger partial charge in [0.25, 0.3) is 11.6 Å². The highest BCUT2D eigenvalue weighted by Crippen LogP contribution is 2.28. The number of benzene rings is 2. The molecule has 0 saturated heterocycles. The number of carbonyl (C=O) groups is 2. The molecule has 0 atom stereocenters. The van der Waals surface area contributed by atoms with Crippen molar-refractivity contribution < 1.29 is 19.2 Å². The van der Waals surface area contributed by atoms with Gasteiger partial charge in [0.1, 0.15) is 5.75 Å². The summed E-state index contributed by atoms with van der Waals surface area (Å²) < 4.78 is 5.53. The monoisotopic (exact) mass is 479 g/mol. The molecule has 0 fully saturated rings. The number of anilines is 2. The van der Waals surface area contributed by atoms with Gasteiger partial charge < -0.3 is 10.1 Å². The third-order valence-corrected chi connectivity index (χ3v) is 6.03. The summed E-state index contributed by atoms with van der Waals surface area (Å²) in [4.78, 5) is 34.7. The van der Waals surface area contributed by atoms with Crippen LogP contribution >= 0.6 is 34.7 Å². The van der Waals surface area contributed by atoms with E-state index in [1.54, 1.807) is 31.4 Å². The number of carbonyl (C=O) groups excluding carboxylic acids is 2. The van der Waals surface area contributed by atoms with Gasteiger partial charge in [0.2, 0.25) is 11.0 Å². The molecule has 31 heavy (non-hydrogen) atoms. The average molecular weight is 480 g/mol. The molecule has 2 amide bonds. The van der Waals surface area contributed by atoms with Crippen LogP contribution in [0.2, 0.25) is 5.02 Å². The van der Waals surface area contributed by atoms with Gasteiger partial charge in [0, 0.05) is 17.8 Å². The van der Waals surface area contributed by atoms with Gasteiger partial charge in [0.15, 0.2) is 4.34 Å². The lowest BCUT2D eigenvalue weighted by Gasteiger charge is -2.05. The molecule has 0 aliphatic heterocycles. The van der Waals surface area contributed by atoms with Crippen molar-refractivity contribution in [1.29, 1.82) is 0 Å².